The van der Waals surface area contributed by atoms with Gasteiger partial charge in [0, 0.05) is 87.8 Å². The van der Waals surface area contributed by atoms with Crippen LogP contribution in [0.15, 0.2) is 285 Å². The minimum atomic E-state index is -0.164. The molecule has 0 saturated heterocycles. The van der Waals surface area contributed by atoms with E-state index in [2.05, 4.69) is 329 Å². The van der Waals surface area contributed by atoms with E-state index in [4.69, 9.17) is 4.74 Å². The van der Waals surface area contributed by atoms with Crippen LogP contribution in [0.2, 0.25) is 0 Å². The molecule has 21 rings (SSSR count). The highest BCUT2D eigenvalue weighted by molar-refractivity contribution is 6.99. The third-order valence-electron chi connectivity index (χ3n) is 20.9. The SMILES string of the molecule is Cc1cc(C)c(-c2cc3c4c(c2)-n2c5ccc(-n6c7ccccc7c7cc(-n8c9ccccc9c9ccccc98)ccc76)cc5c5cc(-n6c7ccccc7c7cc(-n8c9ccccc9c9ccccc98)ccc76)cc(c52)B4c2ccc(-c4ccccc4)cc2O3)c(C)c1. The molecule has 0 saturated carbocycles. The van der Waals surface area contributed by atoms with Crippen molar-refractivity contribution in [2.24, 2.45) is 0 Å². The highest BCUT2D eigenvalue weighted by Crippen LogP contribution is 2.46. The lowest BCUT2D eigenvalue weighted by atomic mass is 9.34. The molecule has 0 unspecified atom stereocenters. The monoisotopic (exact) mass is 1200 g/mol. The Morgan fingerprint density at radius 3 is 1.15 bits per heavy atom. The number of para-hydroxylation sites is 6. The number of fused-ring (bicyclic) bond motifs is 19. The van der Waals surface area contributed by atoms with E-state index in [0.717, 1.165) is 89.7 Å². The van der Waals surface area contributed by atoms with Crippen LogP contribution in [-0.4, -0.2) is 29.5 Å². The van der Waals surface area contributed by atoms with Crippen molar-refractivity contribution in [3.8, 4) is 62.2 Å². The highest BCUT2D eigenvalue weighted by Gasteiger charge is 2.42. The fourth-order valence-corrected chi connectivity index (χ4v) is 17.3. The Hall–Kier alpha value is -12.1. The summed E-state index contributed by atoms with van der Waals surface area (Å²) in [6, 6.07) is 107. The van der Waals surface area contributed by atoms with Gasteiger partial charge in [0.25, 0.3) is 6.71 Å². The molecular formula is C87H56BN5O. The summed E-state index contributed by atoms with van der Waals surface area (Å²) in [4.78, 5) is 0. The van der Waals surface area contributed by atoms with E-state index in [9.17, 15) is 0 Å². The number of hydrogen-bond donors (Lipinski definition) is 0. The van der Waals surface area contributed by atoms with Gasteiger partial charge in [-0.1, -0.05) is 169 Å². The Bertz CT molecular complexity index is 6440. The minimum absolute atomic E-state index is 0.164. The molecule has 7 heterocycles. The van der Waals surface area contributed by atoms with E-state index in [1.54, 1.807) is 0 Å². The Labute approximate surface area is 541 Å². The van der Waals surface area contributed by atoms with Crippen molar-refractivity contribution in [3.63, 3.8) is 0 Å². The van der Waals surface area contributed by atoms with Gasteiger partial charge in [0.05, 0.1) is 49.7 Å². The van der Waals surface area contributed by atoms with Crippen LogP contribution in [0.25, 0.3) is 160 Å². The summed E-state index contributed by atoms with van der Waals surface area (Å²) >= 11 is 0. The molecule has 0 atom stereocenters. The molecule has 5 aromatic heterocycles. The van der Waals surface area contributed by atoms with Gasteiger partial charge in [-0.05, 0) is 192 Å². The van der Waals surface area contributed by atoms with Crippen molar-refractivity contribution in [1.29, 1.82) is 0 Å². The highest BCUT2D eigenvalue weighted by atomic mass is 16.5. The van der Waals surface area contributed by atoms with E-state index < -0.39 is 0 Å². The Kier molecular flexibility index (Phi) is 10.5. The summed E-state index contributed by atoms with van der Waals surface area (Å²) in [5.74, 6) is 1.77. The fourth-order valence-electron chi connectivity index (χ4n) is 17.3. The molecular weight excluding hydrogens is 1140 g/mol. The summed E-state index contributed by atoms with van der Waals surface area (Å²) in [5, 5.41) is 12.2. The van der Waals surface area contributed by atoms with E-state index in [-0.39, 0.29) is 6.71 Å². The van der Waals surface area contributed by atoms with Crippen molar-refractivity contribution < 1.29 is 4.74 Å². The molecule has 438 valence electrons. The van der Waals surface area contributed by atoms with Gasteiger partial charge in [-0.15, -0.1) is 0 Å². The molecule has 0 fully saturated rings. The van der Waals surface area contributed by atoms with Gasteiger partial charge in [0.2, 0.25) is 0 Å². The van der Waals surface area contributed by atoms with Crippen LogP contribution >= 0.6 is 0 Å². The zero-order valence-corrected chi connectivity index (χ0v) is 51.9. The number of nitrogens with zero attached hydrogens (tertiary/aromatic N) is 5. The maximum atomic E-state index is 7.46. The van der Waals surface area contributed by atoms with Crippen molar-refractivity contribution in [3.05, 3.63) is 302 Å². The third kappa shape index (κ3) is 7.04. The molecule has 7 heteroatoms. The van der Waals surface area contributed by atoms with Crippen LogP contribution in [0.3, 0.4) is 0 Å². The van der Waals surface area contributed by atoms with Gasteiger partial charge in [-0.25, -0.2) is 0 Å². The summed E-state index contributed by atoms with van der Waals surface area (Å²) in [5.41, 5.74) is 29.4. The lowest BCUT2D eigenvalue weighted by Crippen LogP contribution is -2.58. The standard InChI is InChI=1S/C87H56BN5O/c1-51-41-52(2)85(53(3)42-51)56-43-82-86-84(45-56)94-83-44-55(54-19-5-4-6-20-54)33-37-71(83)88(86)72-50-60(92-78-32-18-12-26-66(78)68-47-58(35-39-80(68)92)90-75-29-15-9-23-63(75)64-24-10-16-30-76(64)90)49-70-69-48-59(36-40-81(69)93(82)87(70)72)91-77-31-17-11-25-65(77)67-46-57(34-38-79(67)91)89-73-27-13-7-21-61(73)62-22-8-14-28-74(62)89/h4-50H,1-3H3. The molecule has 2 aliphatic heterocycles. The number of ether oxygens (including phenoxy) is 1. The summed E-state index contributed by atoms with van der Waals surface area (Å²) in [6.07, 6.45) is 0. The Balaban J connectivity index is 0.851. The molecule has 94 heavy (non-hydrogen) atoms. The zero-order chi connectivity index (χ0) is 61.8. The molecule has 0 aliphatic carbocycles. The van der Waals surface area contributed by atoms with Crippen molar-refractivity contribution >= 4 is 132 Å². The lowest BCUT2D eigenvalue weighted by molar-refractivity contribution is 0.487. The first kappa shape index (κ1) is 51.7. The van der Waals surface area contributed by atoms with Crippen LogP contribution in [0.5, 0.6) is 11.5 Å². The normalized spacial score (nSPS) is 12.7. The lowest BCUT2D eigenvalue weighted by Gasteiger charge is -2.34. The second-order valence-electron chi connectivity index (χ2n) is 26.2. The topological polar surface area (TPSA) is 33.9 Å². The van der Waals surface area contributed by atoms with Gasteiger partial charge in [-0.2, -0.15) is 0 Å². The smallest absolute Gasteiger partial charge is 0.256 e. The molecule has 2 aliphatic rings. The van der Waals surface area contributed by atoms with E-state index in [1.807, 2.05) is 0 Å². The van der Waals surface area contributed by atoms with Crippen molar-refractivity contribution in [2.75, 3.05) is 0 Å². The van der Waals surface area contributed by atoms with Crippen LogP contribution in [0, 0.1) is 20.8 Å². The Morgan fingerprint density at radius 2 is 0.660 bits per heavy atom. The number of aryl methyl sites for hydroxylation is 3. The molecule has 0 bridgehead atoms. The molecule has 0 N–H and O–H groups in total. The summed E-state index contributed by atoms with van der Waals surface area (Å²) < 4.78 is 20.0. The average Bonchev–Trinajstić information content (AvgIpc) is 1.40. The van der Waals surface area contributed by atoms with Crippen LogP contribution < -0.4 is 21.1 Å². The van der Waals surface area contributed by atoms with Crippen LogP contribution in [0.4, 0.5) is 0 Å². The third-order valence-corrected chi connectivity index (χ3v) is 20.9. The van der Waals surface area contributed by atoms with Crippen LogP contribution in [0.1, 0.15) is 16.7 Å². The van der Waals surface area contributed by atoms with Gasteiger partial charge < -0.3 is 27.6 Å². The van der Waals surface area contributed by atoms with Gasteiger partial charge in [-0.3, -0.25) is 0 Å². The molecule has 19 aromatic rings. The predicted octanol–water partition coefficient (Wildman–Crippen LogP) is 20.4. The predicted molar refractivity (Wildman–Crippen MR) is 394 cm³/mol. The number of hydrogen-bond acceptors (Lipinski definition) is 1. The first-order valence-electron chi connectivity index (χ1n) is 32.7. The fraction of sp³-hybridized carbons (Fsp3) is 0.0345. The maximum Gasteiger partial charge on any atom is 0.256 e. The largest absolute Gasteiger partial charge is 0.458 e. The van der Waals surface area contributed by atoms with Gasteiger partial charge >= 0.3 is 0 Å². The summed E-state index contributed by atoms with van der Waals surface area (Å²) in [7, 11) is 0. The van der Waals surface area contributed by atoms with Crippen molar-refractivity contribution in [2.45, 2.75) is 20.8 Å². The van der Waals surface area contributed by atoms with Gasteiger partial charge in [0.15, 0.2) is 0 Å². The second-order valence-corrected chi connectivity index (χ2v) is 26.2. The first-order valence-corrected chi connectivity index (χ1v) is 32.7. The number of rotatable bonds is 6. The quantitative estimate of drug-likeness (QED) is 0.153. The first-order chi connectivity index (χ1) is 46.4. The minimum Gasteiger partial charge on any atom is -0.458 e. The maximum absolute atomic E-state index is 7.46. The molecule has 0 spiro atoms. The van der Waals surface area contributed by atoms with Gasteiger partial charge in [0.1, 0.15) is 11.5 Å². The van der Waals surface area contributed by atoms with E-state index in [0.29, 0.717) is 0 Å². The van der Waals surface area contributed by atoms with Crippen molar-refractivity contribution in [1.82, 2.24) is 22.8 Å². The summed E-state index contributed by atoms with van der Waals surface area (Å²) in [6.45, 7) is 6.55. The Morgan fingerprint density at radius 1 is 0.266 bits per heavy atom. The van der Waals surface area contributed by atoms with E-state index >= 15 is 0 Å². The zero-order valence-electron chi connectivity index (χ0n) is 51.9. The number of benzene rings is 14. The average molecular weight is 1200 g/mol. The molecule has 0 amide bonds. The van der Waals surface area contributed by atoms with E-state index in [1.165, 1.54) is 115 Å². The van der Waals surface area contributed by atoms with Crippen LogP contribution in [-0.2, 0) is 0 Å². The number of aromatic nitrogens is 5. The molecule has 0 radical (unpaired) electrons. The molecule has 6 nitrogen and oxygen atoms in total. The second kappa shape index (κ2) is 19.0. The molecule has 14 aromatic carbocycles.